The Morgan fingerprint density at radius 3 is 2.24 bits per heavy atom. The fraction of sp³-hybridized carbons (Fsp3) is 0.333. The van der Waals surface area contributed by atoms with Crippen LogP contribution in [-0.2, 0) is 12.8 Å². The van der Waals surface area contributed by atoms with Crippen LogP contribution in [0.2, 0.25) is 0 Å². The molecule has 0 aliphatic heterocycles. The van der Waals surface area contributed by atoms with Crippen LogP contribution < -0.4 is 0 Å². The van der Waals surface area contributed by atoms with E-state index in [0.29, 0.717) is 0 Å². The van der Waals surface area contributed by atoms with Crippen molar-refractivity contribution in [2.45, 2.75) is 28.5 Å². The molecule has 2 heteroatoms. The number of halogens is 2. The van der Waals surface area contributed by atoms with Gasteiger partial charge in [0.25, 0.3) is 0 Å². The lowest BCUT2D eigenvalue weighted by molar-refractivity contribution is 0.722. The smallest absolute Gasteiger partial charge is 0.0657 e. The van der Waals surface area contributed by atoms with Crippen LogP contribution in [0.5, 0.6) is 0 Å². The van der Waals surface area contributed by atoms with E-state index in [-0.39, 0.29) is 9.20 Å². The highest BCUT2D eigenvalue weighted by atomic mass is 79.9. The van der Waals surface area contributed by atoms with Gasteiger partial charge < -0.3 is 0 Å². The van der Waals surface area contributed by atoms with Crippen LogP contribution in [0.1, 0.15) is 17.5 Å². The number of hydrogen-bond donors (Lipinski definition) is 0. The van der Waals surface area contributed by atoms with Crippen molar-refractivity contribution in [2.75, 3.05) is 0 Å². The second-order valence-electron chi connectivity index (χ2n) is 5.43. The summed E-state index contributed by atoms with van der Waals surface area (Å²) in [5.41, 5.74) is 2.90. The summed E-state index contributed by atoms with van der Waals surface area (Å²) in [4.78, 5) is -0.0253. The van der Waals surface area contributed by atoms with Crippen LogP contribution in [-0.4, -0.2) is 9.20 Å². The van der Waals surface area contributed by atoms with Crippen molar-refractivity contribution in [1.29, 1.82) is 0 Å². The van der Waals surface area contributed by atoms with E-state index in [2.05, 4.69) is 52.3 Å². The molecule has 2 aliphatic carbocycles. The molecular weight excluding hydrogens is 296 g/mol. The van der Waals surface area contributed by atoms with E-state index in [1.807, 2.05) is 0 Å². The van der Waals surface area contributed by atoms with E-state index in [0.717, 1.165) is 19.3 Å². The van der Waals surface area contributed by atoms with E-state index >= 15 is 0 Å². The Hall–Kier alpha value is -0.530. The highest BCUT2D eigenvalue weighted by molar-refractivity contribution is 9.10. The first-order valence-electron chi connectivity index (χ1n) is 5.98. The topological polar surface area (TPSA) is 0 Å². The average molecular weight is 308 g/mol. The number of fused-ring (bicyclic) bond motifs is 3. The fourth-order valence-electron chi connectivity index (χ4n) is 3.11. The third-order valence-corrected chi connectivity index (χ3v) is 6.42. The molecule has 0 radical (unpaired) electrons. The lowest BCUT2D eigenvalue weighted by atomic mass is 9.89. The molecule has 0 bridgehead atoms. The second kappa shape index (κ2) is 3.07. The number of benzene rings is 2. The van der Waals surface area contributed by atoms with Gasteiger partial charge in [-0.1, -0.05) is 52.3 Å². The first-order chi connectivity index (χ1) is 8.10. The molecule has 17 heavy (non-hydrogen) atoms. The van der Waals surface area contributed by atoms with Crippen molar-refractivity contribution in [2.24, 2.45) is 0 Å². The minimum absolute atomic E-state index is 0.0253. The largest absolute Gasteiger partial charge is 0.117 e. The number of alkyl halides is 2. The Kier molecular flexibility index (Phi) is 1.88. The summed E-state index contributed by atoms with van der Waals surface area (Å²) in [6, 6.07) is 13.2. The molecule has 1 saturated carbocycles. The maximum atomic E-state index is 6.62. The lowest BCUT2D eigenvalue weighted by Crippen LogP contribution is -2.25. The summed E-state index contributed by atoms with van der Waals surface area (Å²) in [5, 5.41) is 2.67. The van der Waals surface area contributed by atoms with Crippen molar-refractivity contribution in [3.05, 3.63) is 47.5 Å². The molecule has 0 saturated heterocycles. The van der Waals surface area contributed by atoms with E-state index in [4.69, 9.17) is 11.6 Å². The Bertz CT molecular complexity index is 581. The molecule has 86 valence electrons. The zero-order valence-corrected chi connectivity index (χ0v) is 11.7. The van der Waals surface area contributed by atoms with Crippen molar-refractivity contribution < 1.29 is 0 Å². The Labute approximate surface area is 114 Å². The van der Waals surface area contributed by atoms with Crippen LogP contribution in [0.3, 0.4) is 0 Å². The van der Waals surface area contributed by atoms with Gasteiger partial charge in [-0.15, -0.1) is 11.6 Å². The lowest BCUT2D eigenvalue weighted by Gasteiger charge is -2.25. The third kappa shape index (κ3) is 1.36. The number of rotatable bonds is 0. The van der Waals surface area contributed by atoms with Crippen LogP contribution in [0.15, 0.2) is 36.4 Å². The quantitative estimate of drug-likeness (QED) is 0.631. The second-order valence-corrected chi connectivity index (χ2v) is 7.67. The monoisotopic (exact) mass is 306 g/mol. The zero-order valence-electron chi connectivity index (χ0n) is 9.34. The minimum atomic E-state index is -0.0253. The van der Waals surface area contributed by atoms with E-state index in [1.54, 1.807) is 0 Å². The van der Waals surface area contributed by atoms with Gasteiger partial charge in [-0.3, -0.25) is 0 Å². The van der Waals surface area contributed by atoms with Gasteiger partial charge in [0.1, 0.15) is 0 Å². The maximum absolute atomic E-state index is 6.62. The predicted octanol–water partition coefficient (Wildman–Crippen LogP) is 4.45. The van der Waals surface area contributed by atoms with E-state index < -0.39 is 0 Å². The molecule has 0 heterocycles. The van der Waals surface area contributed by atoms with Crippen LogP contribution in [0, 0.1) is 0 Å². The zero-order chi connectivity index (χ0) is 11.7. The summed E-state index contributed by atoms with van der Waals surface area (Å²) in [7, 11) is 0. The Morgan fingerprint density at radius 1 is 1.00 bits per heavy atom. The van der Waals surface area contributed by atoms with Crippen molar-refractivity contribution in [3.63, 3.8) is 0 Å². The van der Waals surface area contributed by atoms with Gasteiger partial charge in [-0.2, -0.15) is 0 Å². The molecule has 2 aliphatic rings. The number of hydrogen-bond acceptors (Lipinski definition) is 0. The highest BCUT2D eigenvalue weighted by Crippen LogP contribution is 2.65. The SMILES string of the molecule is ClC12Cc3cc4ccccc4cc3CC1(Br)C2. The van der Waals surface area contributed by atoms with Crippen molar-refractivity contribution in [1.82, 2.24) is 0 Å². The Morgan fingerprint density at radius 2 is 1.59 bits per heavy atom. The highest BCUT2D eigenvalue weighted by Gasteiger charge is 2.66. The van der Waals surface area contributed by atoms with E-state index in [1.165, 1.54) is 21.9 Å². The molecule has 2 aromatic rings. The molecule has 1 fully saturated rings. The van der Waals surface area contributed by atoms with Crippen LogP contribution in [0.4, 0.5) is 0 Å². The van der Waals surface area contributed by atoms with Gasteiger partial charge in [0.2, 0.25) is 0 Å². The summed E-state index contributed by atoms with van der Waals surface area (Å²) in [5.74, 6) is 0. The van der Waals surface area contributed by atoms with Crippen molar-refractivity contribution in [3.8, 4) is 0 Å². The summed E-state index contributed by atoms with van der Waals surface area (Å²) in [6.07, 6.45) is 3.16. The van der Waals surface area contributed by atoms with Gasteiger partial charge >= 0.3 is 0 Å². The molecule has 2 unspecified atom stereocenters. The first-order valence-corrected chi connectivity index (χ1v) is 7.15. The molecule has 2 aromatic carbocycles. The molecular formula is C15H12BrCl. The van der Waals surface area contributed by atoms with Gasteiger partial charge in [0.15, 0.2) is 0 Å². The molecule has 0 spiro atoms. The van der Waals surface area contributed by atoms with Crippen molar-refractivity contribution >= 4 is 38.3 Å². The summed E-state index contributed by atoms with van der Waals surface area (Å²) in [6.45, 7) is 0. The first kappa shape index (κ1) is 10.4. The molecule has 0 N–H and O–H groups in total. The normalized spacial score (nSPS) is 34.2. The molecule has 0 nitrogen and oxygen atoms in total. The van der Waals surface area contributed by atoms with Gasteiger partial charge in [0, 0.05) is 0 Å². The molecule has 2 atom stereocenters. The van der Waals surface area contributed by atoms with Crippen LogP contribution >= 0.6 is 27.5 Å². The maximum Gasteiger partial charge on any atom is 0.0657 e. The standard InChI is InChI=1S/C15H12BrCl/c16-14-7-12-5-10-3-1-2-4-11(10)6-13(12)8-15(14,17)9-14/h1-6H,7-9H2. The molecule has 4 rings (SSSR count). The molecule has 0 amide bonds. The van der Waals surface area contributed by atoms with Gasteiger partial charge in [0.05, 0.1) is 9.20 Å². The minimum Gasteiger partial charge on any atom is -0.117 e. The predicted molar refractivity (Wildman–Crippen MR) is 76.2 cm³/mol. The average Bonchev–Trinajstić information content (AvgIpc) is 2.83. The van der Waals surface area contributed by atoms with Gasteiger partial charge in [-0.25, -0.2) is 0 Å². The summed E-state index contributed by atoms with van der Waals surface area (Å²) >= 11 is 10.4. The van der Waals surface area contributed by atoms with Crippen LogP contribution in [0.25, 0.3) is 10.8 Å². The Balaban J connectivity index is 1.93. The molecule has 0 aromatic heterocycles. The summed E-state index contributed by atoms with van der Waals surface area (Å²) < 4.78 is 0.164. The fourth-order valence-corrected chi connectivity index (χ4v) is 4.63. The van der Waals surface area contributed by atoms with Gasteiger partial charge in [-0.05, 0) is 41.2 Å². The third-order valence-electron chi connectivity index (χ3n) is 4.25. The van der Waals surface area contributed by atoms with E-state index in [9.17, 15) is 0 Å².